The van der Waals surface area contributed by atoms with Gasteiger partial charge in [-0.25, -0.2) is 4.90 Å². The predicted octanol–water partition coefficient (Wildman–Crippen LogP) is 1.14. The summed E-state index contributed by atoms with van der Waals surface area (Å²) in [5.41, 5.74) is 0.354. The Balaban J connectivity index is 1.84. The number of imide groups is 1. The zero-order valence-corrected chi connectivity index (χ0v) is 16.1. The topological polar surface area (TPSA) is 106 Å². The van der Waals surface area contributed by atoms with E-state index in [9.17, 15) is 14.4 Å². The Morgan fingerprint density at radius 2 is 1.61 bits per heavy atom. The molecule has 1 N–H and O–H groups in total. The zero-order chi connectivity index (χ0) is 20.4. The smallest absolute Gasteiger partial charge is 0.306 e. The highest BCUT2D eigenvalue weighted by Crippen LogP contribution is 2.42. The van der Waals surface area contributed by atoms with E-state index in [0.29, 0.717) is 48.9 Å². The first-order valence-corrected chi connectivity index (χ1v) is 9.04. The number of hydrogen-bond acceptors (Lipinski definition) is 7. The summed E-state index contributed by atoms with van der Waals surface area (Å²) < 4.78 is 15.9. The van der Waals surface area contributed by atoms with E-state index < -0.39 is 17.9 Å². The van der Waals surface area contributed by atoms with Crippen molar-refractivity contribution in [3.63, 3.8) is 0 Å². The molecule has 9 nitrogen and oxygen atoms in total. The van der Waals surface area contributed by atoms with Gasteiger partial charge in [0, 0.05) is 12.1 Å². The number of likely N-dealkylation sites (tertiary alicyclic amines) is 1. The molecule has 2 heterocycles. The molecule has 2 aliphatic heterocycles. The van der Waals surface area contributed by atoms with Crippen LogP contribution in [0.25, 0.3) is 0 Å². The van der Waals surface area contributed by atoms with E-state index in [4.69, 9.17) is 19.3 Å². The molecule has 0 bridgehead atoms. The lowest BCUT2D eigenvalue weighted by molar-refractivity contribution is -0.143. The Morgan fingerprint density at radius 1 is 1.04 bits per heavy atom. The lowest BCUT2D eigenvalue weighted by Crippen LogP contribution is -2.46. The summed E-state index contributed by atoms with van der Waals surface area (Å²) in [5, 5.41) is 9.13. The van der Waals surface area contributed by atoms with Gasteiger partial charge in [-0.2, -0.15) is 0 Å². The minimum Gasteiger partial charge on any atom is -0.493 e. The number of rotatable bonds is 6. The lowest BCUT2D eigenvalue weighted by Gasteiger charge is -2.33. The molecule has 0 spiro atoms. The highest BCUT2D eigenvalue weighted by Gasteiger charge is 2.44. The van der Waals surface area contributed by atoms with Crippen LogP contribution in [-0.2, 0) is 14.4 Å². The van der Waals surface area contributed by atoms with Crippen molar-refractivity contribution in [2.45, 2.75) is 25.3 Å². The number of amides is 2. The number of aliphatic carboxylic acids is 1. The summed E-state index contributed by atoms with van der Waals surface area (Å²) in [6, 6.07) is 2.55. The Bertz CT molecular complexity index is 761. The number of methoxy groups -OCH3 is 3. The third kappa shape index (κ3) is 3.49. The first kappa shape index (κ1) is 19.9. The average molecular weight is 392 g/mol. The number of carbonyl (C=O) groups excluding carboxylic acids is 2. The molecule has 1 aromatic carbocycles. The molecular formula is C19H24N2O7. The second-order valence-corrected chi connectivity index (χ2v) is 6.82. The molecular weight excluding hydrogens is 368 g/mol. The molecule has 2 aliphatic rings. The van der Waals surface area contributed by atoms with Gasteiger partial charge in [0.25, 0.3) is 5.91 Å². The van der Waals surface area contributed by atoms with Gasteiger partial charge in [-0.1, -0.05) is 0 Å². The third-order valence-electron chi connectivity index (χ3n) is 5.35. The Labute approximate surface area is 162 Å². The van der Waals surface area contributed by atoms with Gasteiger partial charge < -0.3 is 19.3 Å². The number of ether oxygens (including phenoxy) is 3. The number of anilines is 1. The van der Waals surface area contributed by atoms with Crippen LogP contribution in [-0.4, -0.2) is 68.3 Å². The van der Waals surface area contributed by atoms with Crippen LogP contribution in [0.15, 0.2) is 12.1 Å². The van der Waals surface area contributed by atoms with Crippen molar-refractivity contribution in [1.29, 1.82) is 0 Å². The standard InChI is InChI=1S/C19H24N2O7/c1-26-14-8-12(9-15(27-2)17(14)28-3)21-16(22)10-13(18(21)23)20-6-4-11(5-7-20)19(24)25/h8-9,11,13H,4-7,10H2,1-3H3,(H,24,25)/t13-/m0/s1. The molecule has 0 radical (unpaired) electrons. The van der Waals surface area contributed by atoms with Crippen molar-refractivity contribution < 1.29 is 33.7 Å². The SMILES string of the molecule is COc1cc(N2C(=O)C[C@H](N3CCC(C(=O)O)CC3)C2=O)cc(OC)c1OC. The lowest BCUT2D eigenvalue weighted by atomic mass is 9.96. The van der Waals surface area contributed by atoms with Crippen molar-refractivity contribution in [3.8, 4) is 17.2 Å². The number of carbonyl (C=O) groups is 3. The van der Waals surface area contributed by atoms with Gasteiger partial charge in [-0.3, -0.25) is 19.3 Å². The average Bonchev–Trinajstić information content (AvgIpc) is 3.00. The maximum atomic E-state index is 13.0. The van der Waals surface area contributed by atoms with Crippen LogP contribution in [0.3, 0.4) is 0 Å². The minimum absolute atomic E-state index is 0.0627. The fraction of sp³-hybridized carbons (Fsp3) is 0.526. The highest BCUT2D eigenvalue weighted by atomic mass is 16.5. The Morgan fingerprint density at radius 3 is 2.07 bits per heavy atom. The molecule has 1 aromatic rings. The number of piperidine rings is 1. The molecule has 9 heteroatoms. The second-order valence-electron chi connectivity index (χ2n) is 6.82. The van der Waals surface area contributed by atoms with Crippen molar-refractivity contribution >= 4 is 23.5 Å². The highest BCUT2D eigenvalue weighted by molar-refractivity contribution is 6.22. The van der Waals surface area contributed by atoms with Crippen molar-refractivity contribution in [1.82, 2.24) is 4.90 Å². The first-order chi connectivity index (χ1) is 13.4. The van der Waals surface area contributed by atoms with Crippen LogP contribution in [0.5, 0.6) is 17.2 Å². The summed E-state index contributed by atoms with van der Waals surface area (Å²) in [4.78, 5) is 39.8. The number of carboxylic acids is 1. The fourth-order valence-corrected chi connectivity index (χ4v) is 3.83. The minimum atomic E-state index is -0.812. The molecule has 2 amide bonds. The molecule has 0 saturated carbocycles. The summed E-state index contributed by atoms with van der Waals surface area (Å²) in [6.45, 7) is 0.952. The van der Waals surface area contributed by atoms with Gasteiger partial charge in [0.15, 0.2) is 11.5 Å². The van der Waals surface area contributed by atoms with Crippen LogP contribution in [0, 0.1) is 5.92 Å². The monoisotopic (exact) mass is 392 g/mol. The van der Waals surface area contributed by atoms with Gasteiger partial charge in [0.1, 0.15) is 0 Å². The molecule has 0 aromatic heterocycles. The van der Waals surface area contributed by atoms with E-state index in [-0.39, 0.29) is 18.2 Å². The number of nitrogens with zero attached hydrogens (tertiary/aromatic N) is 2. The Hall–Kier alpha value is -2.81. The summed E-state index contributed by atoms with van der Waals surface area (Å²) in [5.74, 6) is -0.772. The van der Waals surface area contributed by atoms with Gasteiger partial charge in [-0.15, -0.1) is 0 Å². The molecule has 1 atom stereocenters. The number of benzene rings is 1. The molecule has 28 heavy (non-hydrogen) atoms. The van der Waals surface area contributed by atoms with E-state index in [0.717, 1.165) is 4.90 Å². The largest absolute Gasteiger partial charge is 0.493 e. The zero-order valence-electron chi connectivity index (χ0n) is 16.1. The Kier molecular flexibility index (Phi) is 5.73. The number of carboxylic acid groups (broad SMARTS) is 1. The molecule has 2 saturated heterocycles. The van der Waals surface area contributed by atoms with Gasteiger partial charge in [0.05, 0.1) is 45.4 Å². The second kappa shape index (κ2) is 8.05. The first-order valence-electron chi connectivity index (χ1n) is 9.04. The van der Waals surface area contributed by atoms with E-state index in [2.05, 4.69) is 0 Å². The van der Waals surface area contributed by atoms with E-state index in [1.54, 1.807) is 12.1 Å². The van der Waals surface area contributed by atoms with Crippen molar-refractivity contribution in [2.24, 2.45) is 5.92 Å². The van der Waals surface area contributed by atoms with Crippen molar-refractivity contribution in [2.75, 3.05) is 39.3 Å². The summed E-state index contributed by atoms with van der Waals surface area (Å²) in [6.07, 6.45) is 1.00. The molecule has 0 aliphatic carbocycles. The van der Waals surface area contributed by atoms with Crippen LogP contribution in [0.4, 0.5) is 5.69 Å². The van der Waals surface area contributed by atoms with Crippen LogP contribution in [0.1, 0.15) is 19.3 Å². The van der Waals surface area contributed by atoms with Crippen LogP contribution in [0.2, 0.25) is 0 Å². The van der Waals surface area contributed by atoms with E-state index >= 15 is 0 Å². The summed E-state index contributed by atoms with van der Waals surface area (Å²) >= 11 is 0. The summed E-state index contributed by atoms with van der Waals surface area (Å²) in [7, 11) is 4.40. The van der Waals surface area contributed by atoms with E-state index in [1.165, 1.54) is 21.3 Å². The maximum Gasteiger partial charge on any atom is 0.306 e. The van der Waals surface area contributed by atoms with Crippen molar-refractivity contribution in [3.05, 3.63) is 12.1 Å². The maximum absolute atomic E-state index is 13.0. The normalized spacial score (nSPS) is 21.1. The van der Waals surface area contributed by atoms with Gasteiger partial charge in [-0.05, 0) is 25.9 Å². The fourth-order valence-electron chi connectivity index (χ4n) is 3.83. The van der Waals surface area contributed by atoms with Crippen LogP contribution < -0.4 is 19.1 Å². The van der Waals surface area contributed by atoms with Gasteiger partial charge in [0.2, 0.25) is 11.7 Å². The molecule has 152 valence electrons. The quantitative estimate of drug-likeness (QED) is 0.719. The molecule has 2 fully saturated rings. The van der Waals surface area contributed by atoms with Crippen LogP contribution >= 0.6 is 0 Å². The van der Waals surface area contributed by atoms with E-state index in [1.807, 2.05) is 4.90 Å². The molecule has 3 rings (SSSR count). The third-order valence-corrected chi connectivity index (χ3v) is 5.35. The number of hydrogen-bond donors (Lipinski definition) is 1. The predicted molar refractivity (Wildman–Crippen MR) is 98.9 cm³/mol. The molecule has 0 unspecified atom stereocenters. The van der Waals surface area contributed by atoms with Gasteiger partial charge >= 0.3 is 5.97 Å².